The van der Waals surface area contributed by atoms with Gasteiger partial charge in [0.05, 0.1) is 6.04 Å². The highest BCUT2D eigenvalue weighted by molar-refractivity contribution is 6.00. The molecule has 0 radical (unpaired) electrons. The summed E-state index contributed by atoms with van der Waals surface area (Å²) in [5.41, 5.74) is 1.23. The normalized spacial score (nSPS) is 21.0. The molecule has 22 heavy (non-hydrogen) atoms. The number of nitrogens with zero attached hydrogens (tertiary/aromatic N) is 1. The second-order valence-electron chi connectivity index (χ2n) is 5.10. The van der Waals surface area contributed by atoms with Gasteiger partial charge in [-0.2, -0.15) is 0 Å². The van der Waals surface area contributed by atoms with Crippen LogP contribution < -0.4 is 0 Å². The van der Waals surface area contributed by atoms with Gasteiger partial charge in [0.15, 0.2) is 5.78 Å². The lowest BCUT2D eigenvalue weighted by Crippen LogP contribution is -2.43. The van der Waals surface area contributed by atoms with Gasteiger partial charge in [0.25, 0.3) is 5.91 Å². The lowest BCUT2D eigenvalue weighted by molar-refractivity contribution is -0.126. The Kier molecular flexibility index (Phi) is 3.85. The van der Waals surface area contributed by atoms with Crippen molar-refractivity contribution in [3.05, 3.63) is 84.1 Å². The van der Waals surface area contributed by atoms with Crippen molar-refractivity contribution in [1.82, 2.24) is 4.90 Å². The molecule has 1 heterocycles. The third kappa shape index (κ3) is 2.56. The Morgan fingerprint density at radius 1 is 0.955 bits per heavy atom. The lowest BCUT2D eigenvalue weighted by atomic mass is 9.94. The minimum atomic E-state index is -1.26. The number of ketones is 1. The number of benzene rings is 2. The molecule has 0 saturated carbocycles. The Hall–Kier alpha value is -2.72. The maximum atomic E-state index is 12.7. The van der Waals surface area contributed by atoms with Crippen LogP contribution in [0.1, 0.15) is 22.0 Å². The number of aliphatic hydroxyl groups is 1. The maximum absolute atomic E-state index is 12.7. The highest BCUT2D eigenvalue weighted by Crippen LogP contribution is 2.30. The van der Waals surface area contributed by atoms with E-state index >= 15 is 0 Å². The van der Waals surface area contributed by atoms with E-state index < -0.39 is 17.9 Å². The summed E-state index contributed by atoms with van der Waals surface area (Å²) in [5.74, 6) is -0.650. The van der Waals surface area contributed by atoms with Gasteiger partial charge in [-0.1, -0.05) is 48.5 Å². The van der Waals surface area contributed by atoms with E-state index in [0.717, 1.165) is 5.56 Å². The fraction of sp³-hybridized carbons (Fsp3) is 0.111. The summed E-state index contributed by atoms with van der Waals surface area (Å²) in [4.78, 5) is 25.9. The van der Waals surface area contributed by atoms with Crippen LogP contribution in [0.2, 0.25) is 0 Å². The molecule has 0 spiro atoms. The van der Waals surface area contributed by atoms with Crippen LogP contribution in [0.5, 0.6) is 0 Å². The number of amides is 1. The van der Waals surface area contributed by atoms with Gasteiger partial charge in [0.1, 0.15) is 6.10 Å². The zero-order valence-electron chi connectivity index (χ0n) is 11.8. The number of hydrogen-bond acceptors (Lipinski definition) is 3. The van der Waals surface area contributed by atoms with Gasteiger partial charge in [0.2, 0.25) is 0 Å². The summed E-state index contributed by atoms with van der Waals surface area (Å²) in [5, 5.41) is 10.3. The van der Waals surface area contributed by atoms with Crippen molar-refractivity contribution in [2.75, 3.05) is 0 Å². The van der Waals surface area contributed by atoms with E-state index in [9.17, 15) is 14.7 Å². The van der Waals surface area contributed by atoms with Crippen LogP contribution in [-0.4, -0.2) is 27.8 Å². The highest BCUT2D eigenvalue weighted by Gasteiger charge is 2.36. The molecule has 0 bridgehead atoms. The van der Waals surface area contributed by atoms with Crippen LogP contribution in [0.4, 0.5) is 0 Å². The summed E-state index contributed by atoms with van der Waals surface area (Å²) in [6.45, 7) is 0. The van der Waals surface area contributed by atoms with Crippen LogP contribution in [0, 0.1) is 0 Å². The Morgan fingerprint density at radius 2 is 1.55 bits per heavy atom. The Bertz CT molecular complexity index is 710. The second-order valence-corrected chi connectivity index (χ2v) is 5.10. The third-order valence-electron chi connectivity index (χ3n) is 3.69. The number of rotatable bonds is 2. The summed E-state index contributed by atoms with van der Waals surface area (Å²) in [6.07, 6.45) is 1.42. The number of hydrogen-bond donors (Lipinski definition) is 1. The van der Waals surface area contributed by atoms with Gasteiger partial charge in [-0.3, -0.25) is 9.59 Å². The van der Waals surface area contributed by atoms with Gasteiger partial charge in [0, 0.05) is 17.8 Å². The highest BCUT2D eigenvalue weighted by atomic mass is 16.3. The van der Waals surface area contributed by atoms with E-state index in [4.69, 9.17) is 0 Å². The smallest absolute Gasteiger partial charge is 0.258 e. The standard InChI is InChI=1S/C18H15NO3/c20-15-11-12-19(18(22)14-9-5-2-6-10-14)16(17(15)21)13-7-3-1-4-8-13/h1-12,16-17,21H/t16-,17+/m1/s1. The van der Waals surface area contributed by atoms with Crippen molar-refractivity contribution in [2.45, 2.75) is 12.1 Å². The van der Waals surface area contributed by atoms with Crippen LogP contribution in [0.15, 0.2) is 72.9 Å². The molecule has 110 valence electrons. The molecule has 0 fully saturated rings. The van der Waals surface area contributed by atoms with E-state index in [2.05, 4.69) is 0 Å². The van der Waals surface area contributed by atoms with Gasteiger partial charge < -0.3 is 10.0 Å². The van der Waals surface area contributed by atoms with Gasteiger partial charge in [-0.05, 0) is 17.7 Å². The average Bonchev–Trinajstić information content (AvgIpc) is 2.58. The SMILES string of the molecule is O=C1C=CN(C(=O)c2ccccc2)[C@H](c2ccccc2)[C@H]1O. The van der Waals surface area contributed by atoms with Crippen molar-refractivity contribution < 1.29 is 14.7 Å². The number of carbonyl (C=O) groups is 2. The van der Waals surface area contributed by atoms with E-state index in [-0.39, 0.29) is 5.91 Å². The fourth-order valence-corrected chi connectivity index (χ4v) is 2.57. The lowest BCUT2D eigenvalue weighted by Gasteiger charge is -2.34. The molecular formula is C18H15NO3. The van der Waals surface area contributed by atoms with E-state index in [1.54, 1.807) is 36.4 Å². The summed E-state index contributed by atoms with van der Waals surface area (Å²) in [7, 11) is 0. The van der Waals surface area contributed by atoms with E-state index in [1.807, 2.05) is 24.3 Å². The molecule has 0 aromatic heterocycles. The first kappa shape index (κ1) is 14.2. The first-order valence-corrected chi connectivity index (χ1v) is 7.01. The molecular weight excluding hydrogens is 278 g/mol. The topological polar surface area (TPSA) is 57.6 Å². The molecule has 0 saturated heterocycles. The van der Waals surface area contributed by atoms with Crippen molar-refractivity contribution in [2.24, 2.45) is 0 Å². The maximum Gasteiger partial charge on any atom is 0.258 e. The van der Waals surface area contributed by atoms with Crippen molar-refractivity contribution in [3.8, 4) is 0 Å². The summed E-state index contributed by atoms with van der Waals surface area (Å²) >= 11 is 0. The molecule has 0 aliphatic carbocycles. The molecule has 2 atom stereocenters. The second kappa shape index (κ2) is 5.95. The van der Waals surface area contributed by atoms with Crippen molar-refractivity contribution in [3.63, 3.8) is 0 Å². The van der Waals surface area contributed by atoms with Crippen LogP contribution in [0.3, 0.4) is 0 Å². The molecule has 3 rings (SSSR count). The first-order chi connectivity index (χ1) is 10.7. The zero-order chi connectivity index (χ0) is 15.5. The van der Waals surface area contributed by atoms with Crippen molar-refractivity contribution >= 4 is 11.7 Å². The summed E-state index contributed by atoms with van der Waals surface area (Å²) < 4.78 is 0. The van der Waals surface area contributed by atoms with E-state index in [1.165, 1.54) is 17.2 Å². The monoisotopic (exact) mass is 293 g/mol. The predicted octanol–water partition coefficient (Wildman–Crippen LogP) is 2.33. The molecule has 2 aromatic rings. The minimum Gasteiger partial charge on any atom is -0.382 e. The molecule has 0 unspecified atom stereocenters. The van der Waals surface area contributed by atoms with E-state index in [0.29, 0.717) is 5.56 Å². The number of aliphatic hydroxyl groups excluding tert-OH is 1. The largest absolute Gasteiger partial charge is 0.382 e. The number of carbonyl (C=O) groups excluding carboxylic acids is 2. The molecule has 4 heteroatoms. The fourth-order valence-electron chi connectivity index (χ4n) is 2.57. The molecule has 1 amide bonds. The van der Waals surface area contributed by atoms with Gasteiger partial charge in [-0.15, -0.1) is 0 Å². The molecule has 1 aliphatic rings. The quantitative estimate of drug-likeness (QED) is 0.924. The Labute approximate surface area is 128 Å². The van der Waals surface area contributed by atoms with Crippen LogP contribution in [0.25, 0.3) is 0 Å². The Morgan fingerprint density at radius 3 is 2.18 bits per heavy atom. The Balaban J connectivity index is 2.02. The van der Waals surface area contributed by atoms with Gasteiger partial charge >= 0.3 is 0 Å². The van der Waals surface area contributed by atoms with Gasteiger partial charge in [-0.25, -0.2) is 0 Å². The van der Waals surface area contributed by atoms with Crippen molar-refractivity contribution in [1.29, 1.82) is 0 Å². The molecule has 4 nitrogen and oxygen atoms in total. The predicted molar refractivity (Wildman–Crippen MR) is 81.9 cm³/mol. The molecule has 1 N–H and O–H groups in total. The average molecular weight is 293 g/mol. The zero-order valence-corrected chi connectivity index (χ0v) is 11.8. The third-order valence-corrected chi connectivity index (χ3v) is 3.69. The first-order valence-electron chi connectivity index (χ1n) is 7.01. The summed E-state index contributed by atoms with van der Waals surface area (Å²) in [6, 6.07) is 17.2. The van der Waals surface area contributed by atoms with Crippen LogP contribution in [-0.2, 0) is 4.79 Å². The minimum absolute atomic E-state index is 0.253. The van der Waals surface area contributed by atoms with Crippen LogP contribution >= 0.6 is 0 Å². The molecule has 1 aliphatic heterocycles. The molecule has 2 aromatic carbocycles.